The molecule has 0 fully saturated rings. The molecule has 0 saturated heterocycles. The maximum Gasteiger partial charge on any atom is 0.136 e. The molecular formula is C38H20N4O. The van der Waals surface area contributed by atoms with Gasteiger partial charge >= 0.3 is 0 Å². The van der Waals surface area contributed by atoms with Crippen molar-refractivity contribution in [3.05, 3.63) is 132 Å². The number of benzene rings is 6. The molecule has 0 bridgehead atoms. The van der Waals surface area contributed by atoms with Gasteiger partial charge in [0.25, 0.3) is 0 Å². The summed E-state index contributed by atoms with van der Waals surface area (Å²) in [5, 5.41) is 25.7. The number of hydrogen-bond acceptors (Lipinski definition) is 3. The fraction of sp³-hybridized carbons (Fsp3) is 0. The molecule has 0 aliphatic rings. The second kappa shape index (κ2) is 8.60. The maximum atomic E-state index is 9.60. The van der Waals surface area contributed by atoms with Gasteiger partial charge < -0.3 is 13.6 Å². The van der Waals surface area contributed by atoms with Gasteiger partial charge in [0.15, 0.2) is 0 Å². The minimum Gasteiger partial charge on any atom is -0.456 e. The van der Waals surface area contributed by atoms with E-state index in [9.17, 15) is 10.5 Å². The number of rotatable bonds is 2. The van der Waals surface area contributed by atoms with Crippen LogP contribution in [0.5, 0.6) is 0 Å². The van der Waals surface area contributed by atoms with Crippen LogP contribution in [-0.2, 0) is 0 Å². The Labute approximate surface area is 245 Å². The van der Waals surface area contributed by atoms with Crippen LogP contribution >= 0.6 is 0 Å². The van der Waals surface area contributed by atoms with Crippen LogP contribution in [0, 0.1) is 22.7 Å². The van der Waals surface area contributed by atoms with Crippen LogP contribution in [0.4, 0.5) is 0 Å². The van der Waals surface area contributed by atoms with Gasteiger partial charge in [-0.15, -0.1) is 0 Å². The molecule has 5 nitrogen and oxygen atoms in total. The largest absolute Gasteiger partial charge is 0.456 e. The van der Waals surface area contributed by atoms with E-state index < -0.39 is 0 Å². The molecule has 0 N–H and O–H groups in total. The average molecular weight is 549 g/mol. The van der Waals surface area contributed by atoms with Gasteiger partial charge in [-0.2, -0.15) is 10.5 Å². The number of nitriles is 2. The molecule has 198 valence electrons. The van der Waals surface area contributed by atoms with Crippen LogP contribution in [-0.4, -0.2) is 9.13 Å². The minimum atomic E-state index is 0.589. The fourth-order valence-corrected chi connectivity index (χ4v) is 6.76. The second-order valence-electron chi connectivity index (χ2n) is 10.8. The van der Waals surface area contributed by atoms with E-state index >= 15 is 0 Å². The topological polar surface area (TPSA) is 70.6 Å². The first kappa shape index (κ1) is 23.4. The molecule has 0 aliphatic heterocycles. The number of fused-ring (bicyclic) bond motifs is 10. The van der Waals surface area contributed by atoms with E-state index in [4.69, 9.17) is 4.42 Å². The van der Waals surface area contributed by atoms with E-state index in [-0.39, 0.29) is 0 Å². The van der Waals surface area contributed by atoms with Crippen molar-refractivity contribution in [1.82, 2.24) is 9.13 Å². The summed E-state index contributed by atoms with van der Waals surface area (Å²) in [5.74, 6) is 0. The number of para-hydroxylation sites is 2. The van der Waals surface area contributed by atoms with Gasteiger partial charge in [-0.3, -0.25) is 0 Å². The van der Waals surface area contributed by atoms with E-state index in [2.05, 4.69) is 94.1 Å². The third kappa shape index (κ3) is 3.19. The Bertz CT molecular complexity index is 2630. The highest BCUT2D eigenvalue weighted by Gasteiger charge is 2.19. The third-order valence-electron chi connectivity index (χ3n) is 8.55. The van der Waals surface area contributed by atoms with Gasteiger partial charge in [0, 0.05) is 43.7 Å². The highest BCUT2D eigenvalue weighted by atomic mass is 16.3. The Balaban J connectivity index is 1.36. The zero-order valence-electron chi connectivity index (χ0n) is 22.7. The van der Waals surface area contributed by atoms with Gasteiger partial charge in [0.1, 0.15) is 11.2 Å². The molecule has 43 heavy (non-hydrogen) atoms. The Morgan fingerprint density at radius 1 is 0.442 bits per heavy atom. The van der Waals surface area contributed by atoms with E-state index in [0.717, 1.165) is 66.2 Å². The number of hydrogen-bond donors (Lipinski definition) is 0. The number of furan rings is 1. The van der Waals surface area contributed by atoms with Crippen LogP contribution in [0.2, 0.25) is 0 Å². The van der Waals surface area contributed by atoms with Gasteiger partial charge in [0.05, 0.1) is 45.3 Å². The van der Waals surface area contributed by atoms with Crippen LogP contribution in [0.15, 0.2) is 126 Å². The van der Waals surface area contributed by atoms with Crippen molar-refractivity contribution in [2.24, 2.45) is 0 Å². The quantitative estimate of drug-likeness (QED) is 0.216. The monoisotopic (exact) mass is 548 g/mol. The lowest BCUT2D eigenvalue weighted by Crippen LogP contribution is -1.98. The van der Waals surface area contributed by atoms with E-state index in [1.807, 2.05) is 48.5 Å². The van der Waals surface area contributed by atoms with Crippen molar-refractivity contribution < 1.29 is 4.42 Å². The van der Waals surface area contributed by atoms with Crippen molar-refractivity contribution in [3.63, 3.8) is 0 Å². The summed E-state index contributed by atoms with van der Waals surface area (Å²) in [6.45, 7) is 0. The van der Waals surface area contributed by atoms with E-state index in [1.165, 1.54) is 10.8 Å². The van der Waals surface area contributed by atoms with E-state index in [1.54, 1.807) is 0 Å². The van der Waals surface area contributed by atoms with Crippen LogP contribution in [0.3, 0.4) is 0 Å². The molecule has 3 aromatic heterocycles. The number of nitrogens with zero attached hydrogens (tertiary/aromatic N) is 4. The number of aromatic nitrogens is 2. The summed E-state index contributed by atoms with van der Waals surface area (Å²) < 4.78 is 10.8. The normalized spacial score (nSPS) is 11.7. The molecule has 9 aromatic rings. The smallest absolute Gasteiger partial charge is 0.136 e. The summed E-state index contributed by atoms with van der Waals surface area (Å²) in [6.07, 6.45) is 0. The molecule has 6 aromatic carbocycles. The minimum absolute atomic E-state index is 0.589. The summed E-state index contributed by atoms with van der Waals surface area (Å²) >= 11 is 0. The Hall–Kier alpha value is -6.30. The molecule has 5 heteroatoms. The van der Waals surface area contributed by atoms with Gasteiger partial charge in [-0.05, 0) is 78.9 Å². The lowest BCUT2D eigenvalue weighted by atomic mass is 10.1. The molecule has 0 atom stereocenters. The van der Waals surface area contributed by atoms with Crippen molar-refractivity contribution in [2.45, 2.75) is 0 Å². The van der Waals surface area contributed by atoms with Crippen LogP contribution in [0.25, 0.3) is 76.9 Å². The SMILES string of the molecule is N#Cc1ccc2c(c1)c1cc(C#N)ccc1n2-c1cccc(-n2c3ccccc3c3c4c(ccc32)oc2ccccc24)c1. The molecule has 0 unspecified atom stereocenters. The summed E-state index contributed by atoms with van der Waals surface area (Å²) in [7, 11) is 0. The molecule has 0 amide bonds. The average Bonchev–Trinajstić information content (AvgIpc) is 3.71. The first-order valence-corrected chi connectivity index (χ1v) is 14.1. The molecule has 0 saturated carbocycles. The Morgan fingerprint density at radius 2 is 1.02 bits per heavy atom. The molecule has 0 spiro atoms. The fourth-order valence-electron chi connectivity index (χ4n) is 6.76. The molecular weight excluding hydrogens is 528 g/mol. The first-order valence-electron chi connectivity index (χ1n) is 14.1. The second-order valence-corrected chi connectivity index (χ2v) is 10.8. The van der Waals surface area contributed by atoms with Crippen molar-refractivity contribution in [1.29, 1.82) is 10.5 Å². The van der Waals surface area contributed by atoms with Crippen molar-refractivity contribution in [2.75, 3.05) is 0 Å². The summed E-state index contributed by atoms with van der Waals surface area (Å²) in [6, 6.07) is 45.5. The molecule has 0 radical (unpaired) electrons. The highest BCUT2D eigenvalue weighted by molar-refractivity contribution is 6.27. The van der Waals surface area contributed by atoms with Crippen LogP contribution < -0.4 is 0 Å². The van der Waals surface area contributed by atoms with Crippen LogP contribution in [0.1, 0.15) is 11.1 Å². The van der Waals surface area contributed by atoms with Gasteiger partial charge in [0.2, 0.25) is 0 Å². The maximum absolute atomic E-state index is 9.60. The lowest BCUT2D eigenvalue weighted by molar-refractivity contribution is 0.669. The zero-order chi connectivity index (χ0) is 28.7. The van der Waals surface area contributed by atoms with Gasteiger partial charge in [-0.1, -0.05) is 42.5 Å². The zero-order valence-corrected chi connectivity index (χ0v) is 22.7. The Kier molecular flexibility index (Phi) is 4.68. The predicted octanol–water partition coefficient (Wildman–Crippen LogP) is 9.52. The third-order valence-corrected chi connectivity index (χ3v) is 8.55. The first-order chi connectivity index (χ1) is 21.2. The standard InChI is InChI=1S/C38H20N4O/c39-21-23-12-14-32-29(18-23)30-19-24(22-40)13-15-33(30)41(32)25-6-5-7-26(20-25)42-31-10-3-1-8-27(31)37-34(42)16-17-36-38(37)28-9-2-4-11-35(28)43-36/h1-20H. The van der Waals surface area contributed by atoms with Crippen molar-refractivity contribution >= 4 is 65.6 Å². The summed E-state index contributed by atoms with van der Waals surface area (Å²) in [4.78, 5) is 0. The molecule has 9 rings (SSSR count). The molecule has 0 aliphatic carbocycles. The van der Waals surface area contributed by atoms with Gasteiger partial charge in [-0.25, -0.2) is 0 Å². The predicted molar refractivity (Wildman–Crippen MR) is 172 cm³/mol. The lowest BCUT2D eigenvalue weighted by Gasteiger charge is -2.13. The molecule has 3 heterocycles. The van der Waals surface area contributed by atoms with Crippen molar-refractivity contribution in [3.8, 4) is 23.5 Å². The Morgan fingerprint density at radius 3 is 1.72 bits per heavy atom. The highest BCUT2D eigenvalue weighted by Crippen LogP contribution is 2.41. The summed E-state index contributed by atoms with van der Waals surface area (Å²) in [5.41, 5.74) is 9.16. The van der Waals surface area contributed by atoms with E-state index in [0.29, 0.717) is 11.1 Å².